The minimum atomic E-state index is -3.57. The summed E-state index contributed by atoms with van der Waals surface area (Å²) in [4.78, 5) is 13.0. The van der Waals surface area contributed by atoms with Crippen LogP contribution in [0.5, 0.6) is 0 Å². The summed E-state index contributed by atoms with van der Waals surface area (Å²) in [5, 5.41) is 2.70. The smallest absolute Gasteiger partial charge is 0.257 e. The van der Waals surface area contributed by atoms with Gasteiger partial charge in [-0.15, -0.1) is 0 Å². The first-order chi connectivity index (χ1) is 15.0. The summed E-state index contributed by atoms with van der Waals surface area (Å²) < 4.78 is 50.6. The molecule has 0 saturated carbocycles. The highest BCUT2D eigenvalue weighted by Gasteiger charge is 2.21. The molecule has 2 rings (SSSR count). The zero-order valence-electron chi connectivity index (χ0n) is 18.5. The van der Waals surface area contributed by atoms with Crippen molar-refractivity contribution in [3.05, 3.63) is 52.5 Å². The lowest BCUT2D eigenvalue weighted by Crippen LogP contribution is -2.27. The predicted octanol–water partition coefficient (Wildman–Crippen LogP) is 4.84. The molecule has 0 unspecified atom stereocenters. The molecular formula is C22H29BrN2O5S2. The van der Waals surface area contributed by atoms with E-state index in [0.717, 1.165) is 36.2 Å². The van der Waals surface area contributed by atoms with E-state index in [4.69, 9.17) is 0 Å². The second kappa shape index (κ2) is 11.3. The average Bonchev–Trinajstić information content (AvgIpc) is 2.72. The van der Waals surface area contributed by atoms with E-state index in [2.05, 4.69) is 28.2 Å². The van der Waals surface area contributed by atoms with Crippen molar-refractivity contribution in [2.75, 3.05) is 28.7 Å². The van der Waals surface area contributed by atoms with Crippen LogP contribution in [-0.2, 0) is 19.9 Å². The molecule has 1 N–H and O–H groups in total. The summed E-state index contributed by atoms with van der Waals surface area (Å²) >= 11 is 3.29. The first-order valence-corrected chi connectivity index (χ1v) is 14.6. The lowest BCUT2D eigenvalue weighted by Gasteiger charge is -2.20. The molecule has 1 amide bonds. The number of halogens is 1. The topological polar surface area (TPSA) is 101 Å². The molecule has 0 aliphatic carbocycles. The Morgan fingerprint density at radius 1 is 0.969 bits per heavy atom. The second-order valence-corrected chi connectivity index (χ2v) is 12.6. The number of carbonyl (C=O) groups is 1. The van der Waals surface area contributed by atoms with E-state index in [-0.39, 0.29) is 21.9 Å². The normalized spacial score (nSPS) is 11.9. The largest absolute Gasteiger partial charge is 0.322 e. The van der Waals surface area contributed by atoms with Crippen LogP contribution in [0.25, 0.3) is 0 Å². The van der Waals surface area contributed by atoms with E-state index < -0.39 is 25.8 Å². The van der Waals surface area contributed by atoms with Gasteiger partial charge in [-0.3, -0.25) is 9.10 Å². The Labute approximate surface area is 199 Å². The summed E-state index contributed by atoms with van der Waals surface area (Å²) in [6.45, 7) is 2.11. The van der Waals surface area contributed by atoms with Crippen molar-refractivity contribution >= 4 is 53.1 Å². The Balaban J connectivity index is 2.14. The highest BCUT2D eigenvalue weighted by molar-refractivity contribution is 9.10. The van der Waals surface area contributed by atoms with Crippen LogP contribution in [0.1, 0.15) is 49.4 Å². The lowest BCUT2D eigenvalue weighted by atomic mass is 10.1. The first-order valence-electron chi connectivity index (χ1n) is 10.3. The molecule has 32 heavy (non-hydrogen) atoms. The highest BCUT2D eigenvalue weighted by Crippen LogP contribution is 2.27. The fourth-order valence-corrected chi connectivity index (χ4v) is 5.32. The Morgan fingerprint density at radius 3 is 2.19 bits per heavy atom. The van der Waals surface area contributed by atoms with Gasteiger partial charge < -0.3 is 5.32 Å². The van der Waals surface area contributed by atoms with Crippen molar-refractivity contribution in [2.24, 2.45) is 0 Å². The van der Waals surface area contributed by atoms with Gasteiger partial charge >= 0.3 is 0 Å². The third-order valence-corrected chi connectivity index (χ3v) is 8.53. The number of hydrogen-bond donors (Lipinski definition) is 1. The molecular weight excluding hydrogens is 516 g/mol. The summed E-state index contributed by atoms with van der Waals surface area (Å²) in [6.07, 6.45) is 5.81. The molecule has 2 aromatic carbocycles. The molecule has 0 atom stereocenters. The molecule has 2 aromatic rings. The molecule has 0 bridgehead atoms. The van der Waals surface area contributed by atoms with Crippen LogP contribution in [0.4, 0.5) is 11.4 Å². The molecule has 0 fully saturated rings. The third kappa shape index (κ3) is 7.31. The van der Waals surface area contributed by atoms with Gasteiger partial charge in [0.25, 0.3) is 5.91 Å². The van der Waals surface area contributed by atoms with Gasteiger partial charge in [-0.1, -0.05) is 48.5 Å². The molecule has 10 heteroatoms. The van der Waals surface area contributed by atoms with Gasteiger partial charge in [0.1, 0.15) is 0 Å². The van der Waals surface area contributed by atoms with Gasteiger partial charge in [0, 0.05) is 17.2 Å². The van der Waals surface area contributed by atoms with Gasteiger partial charge in [0.05, 0.1) is 28.2 Å². The number of sulfonamides is 1. The fourth-order valence-electron chi connectivity index (χ4n) is 3.09. The van der Waals surface area contributed by atoms with Gasteiger partial charge in [-0.2, -0.15) is 0 Å². The van der Waals surface area contributed by atoms with E-state index >= 15 is 0 Å². The Hall–Kier alpha value is -1.91. The second-order valence-electron chi connectivity index (χ2n) is 7.60. The Morgan fingerprint density at radius 2 is 1.59 bits per heavy atom. The van der Waals surface area contributed by atoms with E-state index in [1.165, 1.54) is 37.4 Å². The SMILES string of the molecule is CCCCCCCS(=O)(=O)c1ccc(NC(=O)c2ccc(Br)cc2N(C)S(C)(=O)=O)cc1. The number of unbranched alkanes of at least 4 members (excludes halogenated alkanes) is 4. The van der Waals surface area contributed by atoms with Crippen molar-refractivity contribution in [1.29, 1.82) is 0 Å². The first kappa shape index (κ1) is 26.3. The number of anilines is 2. The minimum Gasteiger partial charge on any atom is -0.322 e. The highest BCUT2D eigenvalue weighted by atomic mass is 79.9. The van der Waals surface area contributed by atoms with E-state index in [1.54, 1.807) is 12.1 Å². The number of amides is 1. The number of rotatable bonds is 11. The van der Waals surface area contributed by atoms with Crippen LogP contribution in [0.15, 0.2) is 51.8 Å². The molecule has 176 valence electrons. The zero-order valence-corrected chi connectivity index (χ0v) is 21.7. The summed E-state index contributed by atoms with van der Waals surface area (Å²) in [5.74, 6) is -0.405. The van der Waals surface area contributed by atoms with Crippen LogP contribution >= 0.6 is 15.9 Å². The number of carbonyl (C=O) groups excluding carboxylic acids is 1. The maximum Gasteiger partial charge on any atom is 0.257 e. The molecule has 0 aromatic heterocycles. The van der Waals surface area contributed by atoms with Crippen LogP contribution in [0, 0.1) is 0 Å². The van der Waals surface area contributed by atoms with Crippen LogP contribution < -0.4 is 9.62 Å². The Bertz CT molecular complexity index is 1150. The number of hydrogen-bond acceptors (Lipinski definition) is 5. The van der Waals surface area contributed by atoms with Crippen molar-refractivity contribution in [3.63, 3.8) is 0 Å². The van der Waals surface area contributed by atoms with Crippen LogP contribution in [0.2, 0.25) is 0 Å². The van der Waals surface area contributed by atoms with E-state index in [1.807, 2.05) is 0 Å². The lowest BCUT2D eigenvalue weighted by molar-refractivity contribution is 0.102. The fraction of sp³-hybridized carbons (Fsp3) is 0.409. The molecule has 0 saturated heterocycles. The number of benzene rings is 2. The van der Waals surface area contributed by atoms with Gasteiger partial charge in [-0.05, 0) is 48.9 Å². The molecule has 0 radical (unpaired) electrons. The zero-order chi connectivity index (χ0) is 23.9. The van der Waals surface area contributed by atoms with Crippen LogP contribution in [-0.4, -0.2) is 41.8 Å². The predicted molar refractivity (Wildman–Crippen MR) is 133 cm³/mol. The molecule has 0 aliphatic rings. The average molecular weight is 546 g/mol. The maximum absolute atomic E-state index is 12.8. The molecule has 7 nitrogen and oxygen atoms in total. The quantitative estimate of drug-likeness (QED) is 0.408. The van der Waals surface area contributed by atoms with Gasteiger partial charge in [-0.25, -0.2) is 16.8 Å². The standard InChI is InChI=1S/C22H29BrN2O5S2/c1-4-5-6-7-8-15-32(29,30)19-12-10-18(11-13-19)24-22(26)20-14-9-17(23)16-21(20)25(2)31(3,27)28/h9-14,16H,4-8,15H2,1-3H3,(H,24,26). The van der Waals surface area contributed by atoms with Gasteiger partial charge in [0.2, 0.25) is 10.0 Å². The third-order valence-electron chi connectivity index (χ3n) is 5.03. The van der Waals surface area contributed by atoms with Gasteiger partial charge in [0.15, 0.2) is 9.84 Å². The monoisotopic (exact) mass is 544 g/mol. The summed E-state index contributed by atoms with van der Waals surface area (Å²) in [5.41, 5.74) is 0.805. The summed E-state index contributed by atoms with van der Waals surface area (Å²) in [6, 6.07) is 10.7. The molecule has 0 spiro atoms. The summed E-state index contributed by atoms with van der Waals surface area (Å²) in [7, 11) is -5.58. The number of nitrogens with zero attached hydrogens (tertiary/aromatic N) is 1. The van der Waals surface area contributed by atoms with E-state index in [0.29, 0.717) is 16.6 Å². The van der Waals surface area contributed by atoms with Crippen molar-refractivity contribution < 1.29 is 21.6 Å². The van der Waals surface area contributed by atoms with Crippen molar-refractivity contribution in [2.45, 2.75) is 43.9 Å². The molecule has 0 heterocycles. The molecule has 0 aliphatic heterocycles. The van der Waals surface area contributed by atoms with Crippen molar-refractivity contribution in [1.82, 2.24) is 0 Å². The minimum absolute atomic E-state index is 0.0997. The number of nitrogens with one attached hydrogen (secondary N) is 1. The van der Waals surface area contributed by atoms with Crippen LogP contribution in [0.3, 0.4) is 0 Å². The Kier molecular flexibility index (Phi) is 9.29. The van der Waals surface area contributed by atoms with E-state index in [9.17, 15) is 21.6 Å². The maximum atomic E-state index is 12.8. The number of sulfone groups is 1. The van der Waals surface area contributed by atoms with Crippen molar-refractivity contribution in [3.8, 4) is 0 Å².